The van der Waals surface area contributed by atoms with Gasteiger partial charge in [0.2, 0.25) is 5.91 Å². The van der Waals surface area contributed by atoms with E-state index in [1.165, 1.54) is 13.0 Å². The fourth-order valence-electron chi connectivity index (χ4n) is 2.74. The lowest BCUT2D eigenvalue weighted by molar-refractivity contribution is -0.151. The minimum absolute atomic E-state index is 0.0404. The first kappa shape index (κ1) is 17.7. The Morgan fingerprint density at radius 1 is 1.35 bits per heavy atom. The van der Waals surface area contributed by atoms with E-state index in [4.69, 9.17) is 16.3 Å². The average Bonchev–Trinajstić information content (AvgIpc) is 2.53. The summed E-state index contributed by atoms with van der Waals surface area (Å²) in [5.41, 5.74) is 0.458. The smallest absolute Gasteiger partial charge is 0.309 e. The third-order valence-electron chi connectivity index (χ3n) is 4.15. The molecule has 0 bridgehead atoms. The highest BCUT2D eigenvalue weighted by molar-refractivity contribution is 6.31. The molecule has 1 saturated heterocycles. The number of carbonyl (C=O) groups excluding carboxylic acids is 2. The van der Waals surface area contributed by atoms with Crippen LogP contribution >= 0.6 is 11.6 Å². The third-order valence-corrected chi connectivity index (χ3v) is 4.50. The molecule has 1 amide bonds. The summed E-state index contributed by atoms with van der Waals surface area (Å²) in [4.78, 5) is 25.0. The molecule has 23 heavy (non-hydrogen) atoms. The van der Waals surface area contributed by atoms with Crippen LogP contribution in [0.2, 0.25) is 5.02 Å². The quantitative estimate of drug-likeness (QED) is 0.610. The van der Waals surface area contributed by atoms with E-state index in [9.17, 15) is 14.0 Å². The zero-order chi connectivity index (χ0) is 16.8. The van der Waals surface area contributed by atoms with E-state index in [2.05, 4.69) is 0 Å². The highest BCUT2D eigenvalue weighted by Crippen LogP contribution is 2.21. The Balaban J connectivity index is 1.70. The van der Waals surface area contributed by atoms with Gasteiger partial charge in [0.25, 0.3) is 0 Å². The fraction of sp³-hybridized carbons (Fsp3) is 0.529. The minimum atomic E-state index is -0.333. The SMILES string of the molecule is CC(=O)N1CCC(C(=O)OCCCc2c(F)cccc2Cl)CC1. The Hall–Kier alpha value is -1.62. The van der Waals surface area contributed by atoms with E-state index in [-0.39, 0.29) is 30.2 Å². The van der Waals surface area contributed by atoms with Crippen molar-refractivity contribution in [2.45, 2.75) is 32.6 Å². The molecule has 1 aromatic carbocycles. The van der Waals surface area contributed by atoms with Gasteiger partial charge in [-0.25, -0.2) is 4.39 Å². The number of halogens is 2. The lowest BCUT2D eigenvalue weighted by atomic mass is 9.97. The van der Waals surface area contributed by atoms with Crippen molar-refractivity contribution in [3.8, 4) is 0 Å². The van der Waals surface area contributed by atoms with Gasteiger partial charge < -0.3 is 9.64 Å². The Morgan fingerprint density at radius 3 is 2.65 bits per heavy atom. The molecule has 0 aromatic heterocycles. The van der Waals surface area contributed by atoms with Crippen LogP contribution in [-0.2, 0) is 20.7 Å². The summed E-state index contributed by atoms with van der Waals surface area (Å²) in [6.45, 7) is 2.97. The number of esters is 1. The first-order valence-corrected chi connectivity index (χ1v) is 8.22. The number of amides is 1. The number of hydrogen-bond acceptors (Lipinski definition) is 3. The maximum Gasteiger partial charge on any atom is 0.309 e. The summed E-state index contributed by atoms with van der Waals surface area (Å²) in [5, 5.41) is 0.396. The van der Waals surface area contributed by atoms with Crippen molar-refractivity contribution in [3.63, 3.8) is 0 Å². The second-order valence-corrected chi connectivity index (χ2v) is 6.16. The van der Waals surface area contributed by atoms with Crippen LogP contribution in [0, 0.1) is 11.7 Å². The van der Waals surface area contributed by atoms with Crippen LogP contribution in [0.4, 0.5) is 4.39 Å². The molecule has 4 nitrogen and oxygen atoms in total. The van der Waals surface area contributed by atoms with Crippen LogP contribution in [0.25, 0.3) is 0 Å². The molecule has 2 rings (SSSR count). The van der Waals surface area contributed by atoms with E-state index < -0.39 is 0 Å². The molecule has 0 unspecified atom stereocenters. The topological polar surface area (TPSA) is 46.6 Å². The molecular formula is C17H21ClFNO3. The Morgan fingerprint density at radius 2 is 2.04 bits per heavy atom. The number of rotatable bonds is 5. The predicted molar refractivity (Wildman–Crippen MR) is 85.7 cm³/mol. The van der Waals surface area contributed by atoms with Gasteiger partial charge >= 0.3 is 5.97 Å². The molecule has 126 valence electrons. The first-order valence-electron chi connectivity index (χ1n) is 7.84. The van der Waals surface area contributed by atoms with Gasteiger partial charge in [0, 0.05) is 30.6 Å². The van der Waals surface area contributed by atoms with E-state index >= 15 is 0 Å². The molecule has 1 fully saturated rings. The number of benzene rings is 1. The van der Waals surface area contributed by atoms with Crippen molar-refractivity contribution >= 4 is 23.5 Å². The molecule has 0 saturated carbocycles. The van der Waals surface area contributed by atoms with Gasteiger partial charge in [-0.05, 0) is 37.8 Å². The van der Waals surface area contributed by atoms with Gasteiger partial charge in [-0.15, -0.1) is 0 Å². The Kier molecular flexibility index (Phi) is 6.39. The van der Waals surface area contributed by atoms with E-state index in [1.807, 2.05) is 0 Å². The molecule has 1 aliphatic heterocycles. The molecule has 0 spiro atoms. The van der Waals surface area contributed by atoms with Crippen molar-refractivity contribution < 1.29 is 18.7 Å². The highest BCUT2D eigenvalue weighted by Gasteiger charge is 2.26. The average molecular weight is 342 g/mol. The molecule has 6 heteroatoms. The van der Waals surface area contributed by atoms with Gasteiger partial charge in [-0.1, -0.05) is 17.7 Å². The monoisotopic (exact) mass is 341 g/mol. The fourth-order valence-corrected chi connectivity index (χ4v) is 3.00. The molecule has 1 heterocycles. The van der Waals surface area contributed by atoms with Crippen molar-refractivity contribution in [2.24, 2.45) is 5.92 Å². The zero-order valence-electron chi connectivity index (χ0n) is 13.2. The van der Waals surface area contributed by atoms with Gasteiger partial charge in [0.15, 0.2) is 0 Å². The van der Waals surface area contributed by atoms with Gasteiger partial charge in [-0.2, -0.15) is 0 Å². The number of nitrogens with zero attached hydrogens (tertiary/aromatic N) is 1. The maximum absolute atomic E-state index is 13.6. The summed E-state index contributed by atoms with van der Waals surface area (Å²) in [7, 11) is 0. The number of likely N-dealkylation sites (tertiary alicyclic amines) is 1. The molecule has 0 radical (unpaired) electrons. The third kappa shape index (κ3) is 4.93. The van der Waals surface area contributed by atoms with Gasteiger partial charge in [0.1, 0.15) is 5.82 Å². The molecule has 1 aromatic rings. The van der Waals surface area contributed by atoms with E-state index in [0.717, 1.165) is 0 Å². The summed E-state index contributed by atoms with van der Waals surface area (Å²) < 4.78 is 18.9. The first-order chi connectivity index (χ1) is 11.0. The van der Waals surface area contributed by atoms with E-state index in [1.54, 1.807) is 17.0 Å². The largest absolute Gasteiger partial charge is 0.465 e. The second-order valence-electron chi connectivity index (χ2n) is 5.75. The Bertz CT molecular complexity index is 551. The van der Waals surface area contributed by atoms with Crippen LogP contribution in [0.5, 0.6) is 0 Å². The van der Waals surface area contributed by atoms with Crippen LogP contribution in [0.1, 0.15) is 31.7 Å². The lowest BCUT2D eigenvalue weighted by Gasteiger charge is -2.30. The molecule has 0 atom stereocenters. The number of hydrogen-bond donors (Lipinski definition) is 0. The van der Waals surface area contributed by atoms with Crippen molar-refractivity contribution in [1.29, 1.82) is 0 Å². The van der Waals surface area contributed by atoms with Gasteiger partial charge in [-0.3, -0.25) is 9.59 Å². The minimum Gasteiger partial charge on any atom is -0.465 e. The standard InChI is InChI=1S/C17H21ClFNO3/c1-12(21)20-9-7-13(8-10-20)17(22)23-11-3-4-14-15(18)5-2-6-16(14)19/h2,5-6,13H,3-4,7-11H2,1H3. The molecule has 0 aliphatic carbocycles. The zero-order valence-corrected chi connectivity index (χ0v) is 13.9. The number of carbonyl (C=O) groups is 2. The van der Waals surface area contributed by atoms with Crippen LogP contribution < -0.4 is 0 Å². The van der Waals surface area contributed by atoms with Crippen molar-refractivity contribution in [1.82, 2.24) is 4.90 Å². The Labute approximate surface area is 140 Å². The molecule has 1 aliphatic rings. The predicted octanol–water partition coefficient (Wildman–Crippen LogP) is 3.21. The summed E-state index contributed by atoms with van der Waals surface area (Å²) in [5.74, 6) is -0.672. The normalized spacial score (nSPS) is 15.5. The van der Waals surface area contributed by atoms with Crippen molar-refractivity contribution in [2.75, 3.05) is 19.7 Å². The van der Waals surface area contributed by atoms with Crippen LogP contribution in [0.15, 0.2) is 18.2 Å². The highest BCUT2D eigenvalue weighted by atomic mass is 35.5. The van der Waals surface area contributed by atoms with Crippen molar-refractivity contribution in [3.05, 3.63) is 34.6 Å². The second kappa shape index (κ2) is 8.29. The summed E-state index contributed by atoms with van der Waals surface area (Å²) in [6, 6.07) is 4.58. The van der Waals surface area contributed by atoms with Crippen LogP contribution in [0.3, 0.4) is 0 Å². The maximum atomic E-state index is 13.6. The molecule has 0 N–H and O–H groups in total. The molecular weight excluding hydrogens is 321 g/mol. The lowest BCUT2D eigenvalue weighted by Crippen LogP contribution is -2.39. The number of ether oxygens (including phenoxy) is 1. The van der Waals surface area contributed by atoms with E-state index in [0.29, 0.717) is 49.4 Å². The van der Waals surface area contributed by atoms with Gasteiger partial charge in [0.05, 0.1) is 12.5 Å². The number of piperidine rings is 1. The summed E-state index contributed by atoms with van der Waals surface area (Å²) in [6.07, 6.45) is 2.23. The van der Waals surface area contributed by atoms with Crippen LogP contribution in [-0.4, -0.2) is 36.5 Å². The summed E-state index contributed by atoms with van der Waals surface area (Å²) >= 11 is 5.95.